The first kappa shape index (κ1) is 32.3. The minimum Gasteiger partial charge on any atom is -0.465 e. The van der Waals surface area contributed by atoms with Crippen molar-refractivity contribution in [2.75, 3.05) is 59.2 Å². The van der Waals surface area contributed by atoms with Crippen LogP contribution in [-0.4, -0.2) is 121 Å². The Morgan fingerprint density at radius 2 is 1.93 bits per heavy atom. The van der Waals surface area contributed by atoms with Gasteiger partial charge in [-0.3, -0.25) is 19.3 Å². The number of hydrogen-bond acceptors (Lipinski definition) is 8. The first-order valence-corrected chi connectivity index (χ1v) is 16.1. The highest BCUT2D eigenvalue weighted by Gasteiger charge is 2.75. The Bertz CT molecular complexity index is 1170. The molecule has 0 aromatic heterocycles. The quantitative estimate of drug-likeness (QED) is 0.173. The summed E-state index contributed by atoms with van der Waals surface area (Å²) in [7, 11) is 0. The number of amides is 2. The molecule has 2 amide bonds. The van der Waals surface area contributed by atoms with E-state index >= 15 is 0 Å². The largest absolute Gasteiger partial charge is 0.465 e. The van der Waals surface area contributed by atoms with Crippen LogP contribution in [0.25, 0.3) is 0 Å². The second-order valence-electron chi connectivity index (χ2n) is 12.3. The number of hydrogen-bond donors (Lipinski definition) is 1. The first-order chi connectivity index (χ1) is 21.4. The van der Waals surface area contributed by atoms with Crippen molar-refractivity contribution in [1.29, 1.82) is 0 Å². The Hall–Kier alpha value is -3.05. The van der Waals surface area contributed by atoms with E-state index in [0.29, 0.717) is 58.5 Å². The molecule has 240 valence electrons. The van der Waals surface area contributed by atoms with E-state index in [1.807, 2.05) is 36.4 Å². The predicted octanol–water partition coefficient (Wildman–Crippen LogP) is 2.21. The lowest BCUT2D eigenvalue weighted by Gasteiger charge is -2.40. The van der Waals surface area contributed by atoms with Crippen LogP contribution < -0.4 is 0 Å². The van der Waals surface area contributed by atoms with Gasteiger partial charge >= 0.3 is 5.97 Å². The number of esters is 1. The van der Waals surface area contributed by atoms with Crippen LogP contribution in [0.1, 0.15) is 37.7 Å². The Labute approximate surface area is 260 Å². The zero-order valence-electron chi connectivity index (χ0n) is 25.7. The fraction of sp³-hybridized carbons (Fsp3) is 0.618. The van der Waals surface area contributed by atoms with Gasteiger partial charge in [0.15, 0.2) is 0 Å². The zero-order chi connectivity index (χ0) is 31.1. The maximum absolute atomic E-state index is 14.7. The van der Waals surface area contributed by atoms with E-state index < -0.39 is 41.6 Å². The van der Waals surface area contributed by atoms with Crippen LogP contribution >= 0.6 is 0 Å². The third-order valence-electron chi connectivity index (χ3n) is 9.66. The van der Waals surface area contributed by atoms with Gasteiger partial charge in [-0.15, -0.1) is 13.2 Å². The first-order valence-electron chi connectivity index (χ1n) is 16.1. The molecule has 4 aliphatic rings. The van der Waals surface area contributed by atoms with E-state index in [1.54, 1.807) is 15.9 Å². The lowest BCUT2D eigenvalue weighted by Crippen LogP contribution is -2.59. The van der Waals surface area contributed by atoms with Gasteiger partial charge < -0.3 is 29.1 Å². The molecule has 1 spiro atoms. The van der Waals surface area contributed by atoms with Crippen molar-refractivity contribution in [2.24, 2.45) is 11.8 Å². The molecule has 4 aliphatic heterocycles. The summed E-state index contributed by atoms with van der Waals surface area (Å²) in [5, 5.41) is 10.7. The number of morpholine rings is 1. The van der Waals surface area contributed by atoms with E-state index in [0.717, 1.165) is 31.5 Å². The number of nitrogens with zero attached hydrogens (tertiary/aromatic N) is 3. The molecule has 1 N–H and O–H groups in total. The van der Waals surface area contributed by atoms with E-state index in [2.05, 4.69) is 18.1 Å². The molecule has 6 atom stereocenters. The Morgan fingerprint density at radius 1 is 1.16 bits per heavy atom. The van der Waals surface area contributed by atoms with Gasteiger partial charge in [0.1, 0.15) is 11.6 Å². The zero-order valence-corrected chi connectivity index (χ0v) is 25.7. The number of aliphatic hydroxyl groups is 1. The number of ether oxygens (including phenoxy) is 3. The number of unbranched alkanes of at least 4 members (excludes halogenated alkanes) is 2. The summed E-state index contributed by atoms with van der Waals surface area (Å²) in [4.78, 5) is 48.2. The number of carbonyl (C=O) groups excluding carboxylic acids is 3. The molecule has 2 bridgehead atoms. The molecule has 4 saturated heterocycles. The third-order valence-corrected chi connectivity index (χ3v) is 9.66. The Balaban J connectivity index is 1.44. The van der Waals surface area contributed by atoms with E-state index in [4.69, 9.17) is 14.2 Å². The van der Waals surface area contributed by atoms with E-state index in [9.17, 15) is 19.5 Å². The maximum Gasteiger partial charge on any atom is 0.312 e. The summed E-state index contributed by atoms with van der Waals surface area (Å²) >= 11 is 0. The molecule has 0 aliphatic carbocycles. The fourth-order valence-electron chi connectivity index (χ4n) is 7.54. The molecule has 10 nitrogen and oxygen atoms in total. The van der Waals surface area contributed by atoms with Gasteiger partial charge in [-0.2, -0.15) is 0 Å². The van der Waals surface area contributed by atoms with Gasteiger partial charge in [-0.25, -0.2) is 0 Å². The van der Waals surface area contributed by atoms with E-state index in [-0.39, 0.29) is 25.0 Å². The van der Waals surface area contributed by atoms with Crippen molar-refractivity contribution in [2.45, 2.75) is 62.3 Å². The number of carbonyl (C=O) groups is 3. The van der Waals surface area contributed by atoms with Crippen LogP contribution in [0.15, 0.2) is 55.6 Å². The van der Waals surface area contributed by atoms with Gasteiger partial charge in [0.25, 0.3) is 0 Å². The smallest absolute Gasteiger partial charge is 0.312 e. The normalized spacial score (nSPS) is 28.5. The van der Waals surface area contributed by atoms with Crippen molar-refractivity contribution in [3.8, 4) is 0 Å². The number of allylic oxidation sites excluding steroid dienone is 1. The van der Waals surface area contributed by atoms with E-state index in [1.165, 1.54) is 0 Å². The minimum absolute atomic E-state index is 0.236. The SMILES string of the molecule is C=CCCCCOC(=O)[C@@H]1[C@H]2C(=O)N([C@@H](CO)Cc3ccccc3)C(C(=O)N(CC=C)CCN3CCOCC3)C23CC[C@H]1O3. The molecule has 1 aromatic carbocycles. The highest BCUT2D eigenvalue weighted by molar-refractivity contribution is 5.98. The summed E-state index contributed by atoms with van der Waals surface area (Å²) in [6, 6.07) is 7.99. The number of fused-ring (bicyclic) bond motifs is 1. The number of likely N-dealkylation sites (tertiary alicyclic amines) is 1. The minimum atomic E-state index is -1.16. The summed E-state index contributed by atoms with van der Waals surface area (Å²) in [5.74, 6) is -2.63. The van der Waals surface area contributed by atoms with Gasteiger partial charge in [0.2, 0.25) is 11.8 Å². The van der Waals surface area contributed by atoms with Gasteiger partial charge in [-0.05, 0) is 44.1 Å². The second kappa shape index (κ2) is 14.8. The second-order valence-corrected chi connectivity index (χ2v) is 12.3. The average Bonchev–Trinajstić information content (AvgIpc) is 3.70. The lowest BCUT2D eigenvalue weighted by atomic mass is 9.70. The molecule has 1 aromatic rings. The predicted molar refractivity (Wildman–Crippen MR) is 165 cm³/mol. The molecule has 10 heteroatoms. The van der Waals surface area contributed by atoms with Crippen LogP contribution in [0.2, 0.25) is 0 Å². The van der Waals surface area contributed by atoms with Crippen molar-refractivity contribution >= 4 is 17.8 Å². The molecule has 0 radical (unpaired) electrons. The summed E-state index contributed by atoms with van der Waals surface area (Å²) in [6.07, 6.45) is 6.87. The summed E-state index contributed by atoms with van der Waals surface area (Å²) in [6.45, 7) is 11.9. The number of aliphatic hydroxyl groups excluding tert-OH is 1. The van der Waals surface area contributed by atoms with Crippen molar-refractivity contribution in [1.82, 2.24) is 14.7 Å². The number of rotatable bonds is 16. The summed E-state index contributed by atoms with van der Waals surface area (Å²) in [5.41, 5.74) is -0.218. The molecular formula is C34H47N3O7. The standard InChI is InChI=1S/C34H47N3O7/c1-3-5-6-10-20-43-33(41)28-27-13-14-34(44-27)29(28)31(39)37(26(24-38)23-25-11-8-7-9-12-25)30(34)32(40)36(15-4-2)17-16-35-18-21-42-22-19-35/h3-4,7-9,11-12,26-30,38H,1-2,5-6,10,13-24H2/t26-,27-,28+,29+,30?,34?/m1/s1. The maximum atomic E-state index is 14.7. The molecule has 2 unspecified atom stereocenters. The Kier molecular flexibility index (Phi) is 10.9. The highest BCUT2D eigenvalue weighted by atomic mass is 16.6. The molecule has 5 rings (SSSR count). The summed E-state index contributed by atoms with van der Waals surface area (Å²) < 4.78 is 17.8. The lowest BCUT2D eigenvalue weighted by molar-refractivity contribution is -0.156. The molecular weight excluding hydrogens is 562 g/mol. The van der Waals surface area contributed by atoms with Crippen LogP contribution in [0, 0.1) is 11.8 Å². The molecule has 4 fully saturated rings. The third kappa shape index (κ3) is 6.49. The van der Waals surface area contributed by atoms with Gasteiger partial charge in [-0.1, -0.05) is 42.5 Å². The molecule has 4 heterocycles. The van der Waals surface area contributed by atoms with Crippen LogP contribution in [-0.2, 0) is 35.0 Å². The van der Waals surface area contributed by atoms with Crippen molar-refractivity contribution in [3.05, 3.63) is 61.2 Å². The monoisotopic (exact) mass is 609 g/mol. The topological polar surface area (TPSA) is 109 Å². The van der Waals surface area contributed by atoms with Gasteiger partial charge in [0, 0.05) is 32.7 Å². The van der Waals surface area contributed by atoms with Gasteiger partial charge in [0.05, 0.1) is 50.4 Å². The average molecular weight is 610 g/mol. The fourth-order valence-corrected chi connectivity index (χ4v) is 7.54. The highest BCUT2D eigenvalue weighted by Crippen LogP contribution is 2.59. The molecule has 0 saturated carbocycles. The van der Waals surface area contributed by atoms with Crippen LogP contribution in [0.4, 0.5) is 0 Å². The van der Waals surface area contributed by atoms with Crippen LogP contribution in [0.5, 0.6) is 0 Å². The van der Waals surface area contributed by atoms with Crippen molar-refractivity contribution in [3.63, 3.8) is 0 Å². The van der Waals surface area contributed by atoms with Crippen LogP contribution in [0.3, 0.4) is 0 Å². The Morgan fingerprint density at radius 3 is 2.64 bits per heavy atom. The van der Waals surface area contributed by atoms with Crippen molar-refractivity contribution < 1.29 is 33.7 Å². The molecule has 44 heavy (non-hydrogen) atoms. The number of benzene rings is 1.